The number of aryl methyl sites for hydroxylation is 2. The number of hydrogen-bond acceptors (Lipinski definition) is 5. The van der Waals surface area contributed by atoms with E-state index in [4.69, 9.17) is 9.26 Å². The van der Waals surface area contributed by atoms with E-state index in [9.17, 15) is 4.79 Å². The van der Waals surface area contributed by atoms with Crippen LogP contribution in [0.5, 0.6) is 5.75 Å². The lowest BCUT2D eigenvalue weighted by Crippen LogP contribution is -2.33. The molecule has 0 saturated carbocycles. The molecule has 3 rings (SSSR count). The van der Waals surface area contributed by atoms with E-state index in [0.717, 1.165) is 22.6 Å². The smallest absolute Gasteiger partial charge is 0.321 e. The zero-order chi connectivity index (χ0) is 19.9. The maximum absolute atomic E-state index is 12.4. The molecule has 2 amide bonds. The van der Waals surface area contributed by atoms with Crippen molar-refractivity contribution in [1.29, 1.82) is 0 Å². The largest absolute Gasteiger partial charge is 0.484 e. The third kappa shape index (κ3) is 5.57. The minimum absolute atomic E-state index is 0.180. The molecule has 0 radical (unpaired) electrons. The van der Waals surface area contributed by atoms with Crippen LogP contribution < -0.4 is 10.1 Å². The highest BCUT2D eigenvalue weighted by atomic mass is 16.5. The second-order valence-corrected chi connectivity index (χ2v) is 6.68. The summed E-state index contributed by atoms with van der Waals surface area (Å²) in [4.78, 5) is 18.2. The molecular weight excluding hydrogens is 356 g/mol. The van der Waals surface area contributed by atoms with E-state index >= 15 is 0 Å². The monoisotopic (exact) mass is 380 g/mol. The fourth-order valence-electron chi connectivity index (χ4n) is 2.75. The Bertz CT molecular complexity index is 904. The van der Waals surface area contributed by atoms with E-state index in [-0.39, 0.29) is 12.6 Å². The minimum Gasteiger partial charge on any atom is -0.484 e. The van der Waals surface area contributed by atoms with Crippen molar-refractivity contribution in [2.45, 2.75) is 26.9 Å². The lowest BCUT2D eigenvalue weighted by molar-refractivity contribution is 0.222. The third-order valence-electron chi connectivity index (χ3n) is 4.11. The van der Waals surface area contributed by atoms with Crippen molar-refractivity contribution in [1.82, 2.24) is 15.0 Å². The summed E-state index contributed by atoms with van der Waals surface area (Å²) < 4.78 is 10.8. The van der Waals surface area contributed by atoms with Gasteiger partial charge in [0.1, 0.15) is 5.75 Å². The predicted octanol–water partition coefficient (Wildman–Crippen LogP) is 3.97. The maximum Gasteiger partial charge on any atom is 0.321 e. The Balaban J connectivity index is 1.47. The van der Waals surface area contributed by atoms with Crippen LogP contribution in [0.1, 0.15) is 22.8 Å². The molecule has 0 aliphatic rings. The first-order valence-electron chi connectivity index (χ1n) is 9.09. The van der Waals surface area contributed by atoms with E-state index in [2.05, 4.69) is 21.5 Å². The van der Waals surface area contributed by atoms with Crippen molar-refractivity contribution in [3.05, 3.63) is 71.4 Å². The standard InChI is InChI=1S/C21H24N4O3/c1-15-11-16(2)13-17(12-15)22-21(26)25(3)10-9-19-23-20(28-24-19)14-27-18-7-5-4-6-8-18/h4-8,11-13H,9-10,14H2,1-3H3,(H,22,26). The molecule has 7 heteroatoms. The first-order chi connectivity index (χ1) is 13.5. The van der Waals surface area contributed by atoms with Crippen molar-refractivity contribution in [3.8, 4) is 5.75 Å². The Hall–Kier alpha value is -3.35. The van der Waals surface area contributed by atoms with Crippen molar-refractivity contribution >= 4 is 11.7 Å². The average molecular weight is 380 g/mol. The van der Waals surface area contributed by atoms with Crippen molar-refractivity contribution in [2.75, 3.05) is 18.9 Å². The first-order valence-corrected chi connectivity index (χ1v) is 9.09. The number of anilines is 1. The summed E-state index contributed by atoms with van der Waals surface area (Å²) in [6, 6.07) is 15.2. The number of amides is 2. The summed E-state index contributed by atoms with van der Waals surface area (Å²) >= 11 is 0. The summed E-state index contributed by atoms with van der Waals surface area (Å²) in [5.41, 5.74) is 3.00. The van der Waals surface area contributed by atoms with Gasteiger partial charge >= 0.3 is 6.03 Å². The Labute approximate surface area is 164 Å². The van der Waals surface area contributed by atoms with E-state index in [0.29, 0.717) is 24.7 Å². The normalized spacial score (nSPS) is 10.5. The molecule has 0 aliphatic carbocycles. The number of ether oxygens (including phenoxy) is 1. The molecule has 146 valence electrons. The fraction of sp³-hybridized carbons (Fsp3) is 0.286. The lowest BCUT2D eigenvalue weighted by atomic mass is 10.1. The number of likely N-dealkylation sites (N-methyl/N-ethyl adjacent to an activating group) is 1. The number of carbonyl (C=O) groups is 1. The van der Waals surface area contributed by atoms with Crippen LogP contribution in [-0.4, -0.2) is 34.7 Å². The second-order valence-electron chi connectivity index (χ2n) is 6.68. The molecule has 2 aromatic carbocycles. The third-order valence-corrected chi connectivity index (χ3v) is 4.11. The van der Waals surface area contributed by atoms with Gasteiger partial charge in [0.05, 0.1) is 0 Å². The van der Waals surface area contributed by atoms with Gasteiger partial charge in [0.15, 0.2) is 12.4 Å². The van der Waals surface area contributed by atoms with Crippen LogP contribution in [0, 0.1) is 13.8 Å². The number of para-hydroxylation sites is 1. The zero-order valence-corrected chi connectivity index (χ0v) is 16.3. The Morgan fingerprint density at radius 3 is 2.57 bits per heavy atom. The summed E-state index contributed by atoms with van der Waals surface area (Å²) in [7, 11) is 1.73. The highest BCUT2D eigenvalue weighted by Crippen LogP contribution is 2.14. The van der Waals surface area contributed by atoms with Gasteiger partial charge in [-0.15, -0.1) is 0 Å². The van der Waals surface area contributed by atoms with Crippen LogP contribution in [0.15, 0.2) is 53.1 Å². The number of benzene rings is 2. The summed E-state index contributed by atoms with van der Waals surface area (Å²) in [6.07, 6.45) is 0.492. The van der Waals surface area contributed by atoms with Gasteiger partial charge in [-0.3, -0.25) is 0 Å². The Morgan fingerprint density at radius 1 is 1.14 bits per heavy atom. The Kier molecular flexibility index (Phi) is 6.26. The number of nitrogens with zero attached hydrogens (tertiary/aromatic N) is 3. The van der Waals surface area contributed by atoms with E-state index in [1.165, 1.54) is 0 Å². The van der Waals surface area contributed by atoms with Gasteiger partial charge in [0.25, 0.3) is 5.89 Å². The number of nitrogens with one attached hydrogen (secondary N) is 1. The molecule has 0 aliphatic heterocycles. The maximum atomic E-state index is 12.4. The first kappa shape index (κ1) is 19.4. The Morgan fingerprint density at radius 2 is 1.86 bits per heavy atom. The molecular formula is C21H24N4O3. The molecule has 7 nitrogen and oxygen atoms in total. The van der Waals surface area contributed by atoms with Gasteiger partial charge in [-0.2, -0.15) is 4.98 Å². The highest BCUT2D eigenvalue weighted by molar-refractivity contribution is 5.89. The zero-order valence-electron chi connectivity index (χ0n) is 16.3. The van der Waals surface area contributed by atoms with Crippen molar-refractivity contribution in [3.63, 3.8) is 0 Å². The van der Waals surface area contributed by atoms with Gasteiger partial charge in [-0.25, -0.2) is 4.79 Å². The minimum atomic E-state index is -0.180. The summed E-state index contributed by atoms with van der Waals surface area (Å²) in [6.45, 7) is 4.68. The van der Waals surface area contributed by atoms with Crippen LogP contribution in [0.2, 0.25) is 0 Å². The topological polar surface area (TPSA) is 80.5 Å². The number of aromatic nitrogens is 2. The predicted molar refractivity (Wildman–Crippen MR) is 106 cm³/mol. The molecule has 3 aromatic rings. The quantitative estimate of drug-likeness (QED) is 0.671. The van der Waals surface area contributed by atoms with Gasteiger partial charge in [0.2, 0.25) is 0 Å². The van der Waals surface area contributed by atoms with Gasteiger partial charge in [0, 0.05) is 25.7 Å². The molecule has 1 aromatic heterocycles. The van der Waals surface area contributed by atoms with Gasteiger partial charge in [-0.1, -0.05) is 29.4 Å². The molecule has 0 unspecified atom stereocenters. The molecule has 0 saturated heterocycles. The van der Waals surface area contributed by atoms with E-state index in [1.54, 1.807) is 11.9 Å². The molecule has 1 heterocycles. The number of urea groups is 1. The highest BCUT2D eigenvalue weighted by Gasteiger charge is 2.12. The van der Waals surface area contributed by atoms with E-state index < -0.39 is 0 Å². The van der Waals surface area contributed by atoms with E-state index in [1.807, 2.05) is 56.3 Å². The van der Waals surface area contributed by atoms with Crippen LogP contribution >= 0.6 is 0 Å². The SMILES string of the molecule is Cc1cc(C)cc(NC(=O)N(C)CCc2noc(COc3ccccc3)n2)c1. The molecule has 0 bridgehead atoms. The van der Waals surface area contributed by atoms with Gasteiger partial charge in [-0.05, 0) is 49.2 Å². The summed E-state index contributed by atoms with van der Waals surface area (Å²) in [5, 5.41) is 6.85. The van der Waals surface area contributed by atoms with Crippen LogP contribution in [-0.2, 0) is 13.0 Å². The van der Waals surface area contributed by atoms with Crippen molar-refractivity contribution in [2.24, 2.45) is 0 Å². The van der Waals surface area contributed by atoms with Crippen LogP contribution in [0.4, 0.5) is 10.5 Å². The molecule has 1 N–H and O–H groups in total. The molecule has 0 atom stereocenters. The molecule has 28 heavy (non-hydrogen) atoms. The number of rotatable bonds is 7. The lowest BCUT2D eigenvalue weighted by Gasteiger charge is -2.17. The van der Waals surface area contributed by atoms with Crippen LogP contribution in [0.3, 0.4) is 0 Å². The second kappa shape index (κ2) is 9.03. The van der Waals surface area contributed by atoms with Crippen LogP contribution in [0.25, 0.3) is 0 Å². The molecule has 0 fully saturated rings. The molecule has 0 spiro atoms. The fourth-order valence-corrected chi connectivity index (χ4v) is 2.75. The summed E-state index contributed by atoms with van der Waals surface area (Å²) in [5.74, 6) is 1.68. The van der Waals surface area contributed by atoms with Crippen molar-refractivity contribution < 1.29 is 14.1 Å². The number of hydrogen-bond donors (Lipinski definition) is 1. The average Bonchev–Trinajstić information content (AvgIpc) is 3.12. The van der Waals surface area contributed by atoms with Gasteiger partial charge < -0.3 is 19.5 Å². The number of carbonyl (C=O) groups excluding carboxylic acids is 1.